The number of halogens is 3. The molecule has 0 unspecified atom stereocenters. The minimum Gasteiger partial charge on any atom is -0.231 e. The van der Waals surface area contributed by atoms with Crippen LogP contribution in [0.15, 0.2) is 6.07 Å². The van der Waals surface area contributed by atoms with E-state index in [9.17, 15) is 13.2 Å². The molecule has 16 heavy (non-hydrogen) atoms. The maximum absolute atomic E-state index is 12.4. The minimum atomic E-state index is -4.40. The van der Waals surface area contributed by atoms with Crippen LogP contribution in [-0.4, -0.2) is 9.97 Å². The third-order valence-corrected chi connectivity index (χ3v) is 2.88. The summed E-state index contributed by atoms with van der Waals surface area (Å²) >= 11 is 0. The van der Waals surface area contributed by atoms with E-state index < -0.39 is 11.9 Å². The predicted molar refractivity (Wildman–Crippen MR) is 51.7 cm³/mol. The van der Waals surface area contributed by atoms with Gasteiger partial charge in [-0.25, -0.2) is 9.97 Å². The van der Waals surface area contributed by atoms with Crippen molar-refractivity contribution in [3.63, 3.8) is 0 Å². The fourth-order valence-electron chi connectivity index (χ4n) is 2.03. The number of hydrogen-bond acceptors (Lipinski definition) is 2. The number of alkyl halides is 3. The SMILES string of the molecule is FC(F)(F)c1c[c]nc(C2CCCCC2)n1. The van der Waals surface area contributed by atoms with Crippen molar-refractivity contribution in [2.24, 2.45) is 0 Å². The van der Waals surface area contributed by atoms with Crippen LogP contribution in [0.1, 0.15) is 49.5 Å². The highest BCUT2D eigenvalue weighted by Gasteiger charge is 2.33. The molecule has 1 aromatic rings. The van der Waals surface area contributed by atoms with Gasteiger partial charge in [0.25, 0.3) is 0 Å². The molecular formula is C11H12F3N2. The van der Waals surface area contributed by atoms with Crippen LogP contribution in [0.25, 0.3) is 0 Å². The van der Waals surface area contributed by atoms with Gasteiger partial charge in [0.1, 0.15) is 11.5 Å². The van der Waals surface area contributed by atoms with Crippen LogP contribution in [0.2, 0.25) is 0 Å². The van der Waals surface area contributed by atoms with Gasteiger partial charge in [-0.3, -0.25) is 0 Å². The molecule has 0 spiro atoms. The Hall–Kier alpha value is -1.13. The number of nitrogens with zero attached hydrogens (tertiary/aromatic N) is 2. The Balaban J connectivity index is 2.21. The molecule has 1 radical (unpaired) electrons. The summed E-state index contributed by atoms with van der Waals surface area (Å²) in [6.45, 7) is 0. The molecule has 0 amide bonds. The highest BCUT2D eigenvalue weighted by atomic mass is 19.4. The lowest BCUT2D eigenvalue weighted by Crippen LogP contribution is -2.14. The van der Waals surface area contributed by atoms with Crippen LogP contribution in [0, 0.1) is 6.20 Å². The van der Waals surface area contributed by atoms with Crippen molar-refractivity contribution >= 4 is 0 Å². The molecule has 1 aromatic heterocycles. The van der Waals surface area contributed by atoms with Crippen LogP contribution in [0.4, 0.5) is 13.2 Å². The van der Waals surface area contributed by atoms with Gasteiger partial charge in [0.15, 0.2) is 0 Å². The van der Waals surface area contributed by atoms with E-state index in [2.05, 4.69) is 16.2 Å². The van der Waals surface area contributed by atoms with Crippen molar-refractivity contribution < 1.29 is 13.2 Å². The lowest BCUT2D eigenvalue weighted by molar-refractivity contribution is -0.141. The quantitative estimate of drug-likeness (QED) is 0.738. The van der Waals surface area contributed by atoms with E-state index in [0.29, 0.717) is 5.82 Å². The molecular weight excluding hydrogens is 217 g/mol. The van der Waals surface area contributed by atoms with E-state index in [1.807, 2.05) is 0 Å². The largest absolute Gasteiger partial charge is 0.433 e. The van der Waals surface area contributed by atoms with Crippen molar-refractivity contribution in [2.75, 3.05) is 0 Å². The standard InChI is InChI=1S/C11H12F3N2/c12-11(13,14)9-6-7-15-10(16-9)8-4-2-1-3-5-8/h6,8H,1-5H2. The highest BCUT2D eigenvalue weighted by Crippen LogP contribution is 2.32. The zero-order valence-electron chi connectivity index (χ0n) is 8.72. The molecule has 1 saturated carbocycles. The third kappa shape index (κ3) is 2.51. The lowest BCUT2D eigenvalue weighted by atomic mass is 9.88. The van der Waals surface area contributed by atoms with Gasteiger partial charge in [-0.15, -0.1) is 0 Å². The second-order valence-electron chi connectivity index (χ2n) is 4.07. The Morgan fingerprint density at radius 2 is 1.88 bits per heavy atom. The first-order chi connectivity index (χ1) is 7.57. The third-order valence-electron chi connectivity index (χ3n) is 2.88. The fourth-order valence-corrected chi connectivity index (χ4v) is 2.03. The molecule has 0 atom stereocenters. The second kappa shape index (κ2) is 4.39. The molecule has 0 N–H and O–H groups in total. The molecule has 2 rings (SSSR count). The Labute approximate surface area is 91.9 Å². The normalized spacial score (nSPS) is 18.7. The summed E-state index contributed by atoms with van der Waals surface area (Å²) < 4.78 is 37.3. The van der Waals surface area contributed by atoms with E-state index in [1.54, 1.807) is 0 Å². The topological polar surface area (TPSA) is 25.8 Å². The number of aromatic nitrogens is 2. The highest BCUT2D eigenvalue weighted by molar-refractivity contribution is 5.08. The van der Waals surface area contributed by atoms with E-state index in [0.717, 1.165) is 38.2 Å². The maximum Gasteiger partial charge on any atom is 0.433 e. The average Bonchev–Trinajstić information content (AvgIpc) is 2.29. The van der Waals surface area contributed by atoms with Gasteiger partial charge >= 0.3 is 6.18 Å². The number of rotatable bonds is 1. The van der Waals surface area contributed by atoms with Gasteiger partial charge < -0.3 is 0 Å². The first kappa shape index (κ1) is 11.4. The molecule has 1 aliphatic rings. The Bertz CT molecular complexity index is 356. The molecule has 0 aliphatic heterocycles. The molecule has 0 aromatic carbocycles. The summed E-state index contributed by atoms with van der Waals surface area (Å²) in [7, 11) is 0. The zero-order valence-corrected chi connectivity index (χ0v) is 8.72. The van der Waals surface area contributed by atoms with E-state index in [4.69, 9.17) is 0 Å². The van der Waals surface area contributed by atoms with Gasteiger partial charge in [-0.05, 0) is 18.9 Å². The maximum atomic E-state index is 12.4. The minimum absolute atomic E-state index is 0.0762. The van der Waals surface area contributed by atoms with Crippen molar-refractivity contribution in [1.29, 1.82) is 0 Å². The van der Waals surface area contributed by atoms with Crippen LogP contribution >= 0.6 is 0 Å². The molecule has 87 valence electrons. The van der Waals surface area contributed by atoms with E-state index >= 15 is 0 Å². The zero-order chi connectivity index (χ0) is 11.6. The van der Waals surface area contributed by atoms with E-state index in [-0.39, 0.29) is 5.92 Å². The summed E-state index contributed by atoms with van der Waals surface area (Å²) in [4.78, 5) is 7.44. The summed E-state index contributed by atoms with van der Waals surface area (Å²) in [5.74, 6) is 0.377. The van der Waals surface area contributed by atoms with Crippen molar-refractivity contribution in [3.05, 3.63) is 23.8 Å². The van der Waals surface area contributed by atoms with Gasteiger partial charge in [0, 0.05) is 5.92 Å². The Morgan fingerprint density at radius 1 is 1.19 bits per heavy atom. The first-order valence-corrected chi connectivity index (χ1v) is 5.39. The Kier molecular flexibility index (Phi) is 3.12. The summed E-state index contributed by atoms with van der Waals surface area (Å²) in [6, 6.07) is 0.798. The van der Waals surface area contributed by atoms with Crippen molar-refractivity contribution in [3.8, 4) is 0 Å². The molecule has 2 nitrogen and oxygen atoms in total. The monoisotopic (exact) mass is 229 g/mol. The second-order valence-corrected chi connectivity index (χ2v) is 4.07. The van der Waals surface area contributed by atoms with Gasteiger partial charge in [0.05, 0.1) is 6.20 Å². The predicted octanol–water partition coefficient (Wildman–Crippen LogP) is 3.34. The molecule has 0 saturated heterocycles. The number of hydrogen-bond donors (Lipinski definition) is 0. The molecule has 0 bridgehead atoms. The first-order valence-electron chi connectivity index (χ1n) is 5.39. The molecule has 1 aliphatic carbocycles. The summed E-state index contributed by atoms with van der Waals surface area (Å²) in [6.07, 6.45) is 2.91. The van der Waals surface area contributed by atoms with Crippen LogP contribution < -0.4 is 0 Å². The van der Waals surface area contributed by atoms with Crippen LogP contribution in [-0.2, 0) is 6.18 Å². The smallest absolute Gasteiger partial charge is 0.231 e. The Morgan fingerprint density at radius 3 is 2.50 bits per heavy atom. The molecule has 1 fully saturated rings. The fraction of sp³-hybridized carbons (Fsp3) is 0.636. The van der Waals surface area contributed by atoms with Crippen LogP contribution in [0.3, 0.4) is 0 Å². The lowest BCUT2D eigenvalue weighted by Gasteiger charge is -2.20. The molecule has 5 heteroatoms. The van der Waals surface area contributed by atoms with Crippen molar-refractivity contribution in [2.45, 2.75) is 44.2 Å². The van der Waals surface area contributed by atoms with E-state index in [1.165, 1.54) is 0 Å². The van der Waals surface area contributed by atoms with Gasteiger partial charge in [-0.1, -0.05) is 19.3 Å². The summed E-state index contributed by atoms with van der Waals surface area (Å²) in [5.41, 5.74) is -0.886. The average molecular weight is 229 g/mol. The molecule has 1 heterocycles. The van der Waals surface area contributed by atoms with Crippen molar-refractivity contribution in [1.82, 2.24) is 9.97 Å². The summed E-state index contributed by atoms with van der Waals surface area (Å²) in [5, 5.41) is 0. The van der Waals surface area contributed by atoms with Gasteiger partial charge in [0.2, 0.25) is 0 Å². The van der Waals surface area contributed by atoms with Gasteiger partial charge in [-0.2, -0.15) is 13.2 Å². The van der Waals surface area contributed by atoms with Crippen LogP contribution in [0.5, 0.6) is 0 Å².